The van der Waals surface area contributed by atoms with Crippen LogP contribution in [0.5, 0.6) is 0 Å². The van der Waals surface area contributed by atoms with Crippen molar-refractivity contribution in [2.75, 3.05) is 6.61 Å². The highest BCUT2D eigenvalue weighted by molar-refractivity contribution is 6.01. The minimum Gasteiger partial charge on any atom is -0.370 e. The number of hydrogen-bond donors (Lipinski definition) is 0. The third-order valence-electron chi connectivity index (χ3n) is 3.47. The number of aryl methyl sites for hydroxylation is 1. The summed E-state index contributed by atoms with van der Waals surface area (Å²) in [6, 6.07) is 3.23. The molecule has 1 aliphatic rings. The molecule has 1 aromatic carbocycles. The summed E-state index contributed by atoms with van der Waals surface area (Å²) in [6.07, 6.45) is -3.02. The first kappa shape index (κ1) is 15.0. The normalized spacial score (nSPS) is 17.1. The van der Waals surface area contributed by atoms with Gasteiger partial charge < -0.3 is 4.74 Å². The summed E-state index contributed by atoms with van der Waals surface area (Å²) in [5, 5.41) is 0. The van der Waals surface area contributed by atoms with Gasteiger partial charge in [0.2, 0.25) is 0 Å². The number of benzene rings is 1. The standard InChI is InChI=1S/C15H17F3O2/c1-3-20-14(10-4-5-10)13(19)12-7-6-11(8-9(12)2)15(16,17)18/h6-8,10,14H,3-5H2,1-2H3. The molecule has 0 aromatic heterocycles. The van der Waals surface area contributed by atoms with E-state index in [1.165, 1.54) is 13.0 Å². The average Bonchev–Trinajstić information content (AvgIpc) is 3.18. The van der Waals surface area contributed by atoms with Crippen molar-refractivity contribution in [3.63, 3.8) is 0 Å². The van der Waals surface area contributed by atoms with Crippen molar-refractivity contribution in [3.8, 4) is 0 Å². The van der Waals surface area contributed by atoms with Crippen molar-refractivity contribution >= 4 is 5.78 Å². The number of alkyl halides is 3. The van der Waals surface area contributed by atoms with E-state index in [0.29, 0.717) is 17.7 Å². The topological polar surface area (TPSA) is 26.3 Å². The van der Waals surface area contributed by atoms with Crippen LogP contribution in [0.25, 0.3) is 0 Å². The number of carbonyl (C=O) groups excluding carboxylic acids is 1. The summed E-state index contributed by atoms with van der Waals surface area (Å²) < 4.78 is 43.3. The number of ketones is 1. The highest BCUT2D eigenvalue weighted by Crippen LogP contribution is 2.37. The van der Waals surface area contributed by atoms with E-state index in [0.717, 1.165) is 25.0 Å². The Morgan fingerprint density at radius 3 is 2.50 bits per heavy atom. The smallest absolute Gasteiger partial charge is 0.370 e. The van der Waals surface area contributed by atoms with Crippen LogP contribution in [0.2, 0.25) is 0 Å². The quantitative estimate of drug-likeness (QED) is 0.764. The molecule has 1 unspecified atom stereocenters. The molecule has 20 heavy (non-hydrogen) atoms. The number of ether oxygens (including phenoxy) is 1. The van der Waals surface area contributed by atoms with Gasteiger partial charge in [-0.05, 0) is 50.3 Å². The highest BCUT2D eigenvalue weighted by Gasteiger charge is 2.38. The molecule has 110 valence electrons. The second kappa shape index (κ2) is 5.56. The van der Waals surface area contributed by atoms with E-state index in [2.05, 4.69) is 0 Å². The van der Waals surface area contributed by atoms with Crippen LogP contribution in [0, 0.1) is 12.8 Å². The molecule has 1 aromatic rings. The average molecular weight is 286 g/mol. The molecular formula is C15H17F3O2. The van der Waals surface area contributed by atoms with E-state index >= 15 is 0 Å². The molecule has 0 heterocycles. The SMILES string of the molecule is CCOC(C(=O)c1ccc(C(F)(F)F)cc1C)C1CC1. The van der Waals surface area contributed by atoms with Crippen molar-refractivity contribution in [1.82, 2.24) is 0 Å². The lowest BCUT2D eigenvalue weighted by molar-refractivity contribution is -0.137. The molecule has 2 rings (SSSR count). The van der Waals surface area contributed by atoms with Crippen LogP contribution in [-0.4, -0.2) is 18.5 Å². The Balaban J connectivity index is 2.25. The van der Waals surface area contributed by atoms with Crippen molar-refractivity contribution in [1.29, 1.82) is 0 Å². The van der Waals surface area contributed by atoms with E-state index in [9.17, 15) is 18.0 Å². The van der Waals surface area contributed by atoms with Gasteiger partial charge in [0.15, 0.2) is 5.78 Å². The van der Waals surface area contributed by atoms with Crippen LogP contribution >= 0.6 is 0 Å². The minimum atomic E-state index is -4.39. The predicted molar refractivity (Wildman–Crippen MR) is 68.6 cm³/mol. The minimum absolute atomic E-state index is 0.208. The second-order valence-electron chi connectivity index (χ2n) is 5.11. The van der Waals surface area contributed by atoms with Gasteiger partial charge in [0, 0.05) is 12.2 Å². The Morgan fingerprint density at radius 2 is 2.05 bits per heavy atom. The molecule has 0 bridgehead atoms. The van der Waals surface area contributed by atoms with E-state index in [1.807, 2.05) is 6.92 Å². The summed E-state index contributed by atoms with van der Waals surface area (Å²) in [6.45, 7) is 3.76. The van der Waals surface area contributed by atoms with Gasteiger partial charge in [0.1, 0.15) is 6.10 Å². The first-order valence-corrected chi connectivity index (χ1v) is 6.68. The number of carbonyl (C=O) groups is 1. The lowest BCUT2D eigenvalue weighted by Crippen LogP contribution is -2.27. The van der Waals surface area contributed by atoms with Crippen LogP contribution in [0.3, 0.4) is 0 Å². The van der Waals surface area contributed by atoms with Gasteiger partial charge in [0.25, 0.3) is 0 Å². The van der Waals surface area contributed by atoms with E-state index in [4.69, 9.17) is 4.74 Å². The Hall–Kier alpha value is -1.36. The fraction of sp³-hybridized carbons (Fsp3) is 0.533. The molecule has 0 aliphatic heterocycles. The summed E-state index contributed by atoms with van der Waals surface area (Å²) in [5.74, 6) is 0.00437. The summed E-state index contributed by atoms with van der Waals surface area (Å²) in [4.78, 5) is 12.4. The number of hydrogen-bond acceptors (Lipinski definition) is 2. The first-order valence-electron chi connectivity index (χ1n) is 6.68. The predicted octanol–water partition coefficient (Wildman–Crippen LogP) is 4.01. The van der Waals surface area contributed by atoms with Gasteiger partial charge in [0.05, 0.1) is 5.56 Å². The molecule has 0 saturated heterocycles. The maximum atomic E-state index is 12.6. The van der Waals surface area contributed by atoms with Crippen LogP contribution < -0.4 is 0 Å². The Bertz CT molecular complexity index is 504. The third-order valence-corrected chi connectivity index (χ3v) is 3.47. The summed E-state index contributed by atoms with van der Waals surface area (Å²) in [5.41, 5.74) is -0.0653. The van der Waals surface area contributed by atoms with Gasteiger partial charge in [-0.15, -0.1) is 0 Å². The molecule has 1 saturated carbocycles. The maximum absolute atomic E-state index is 12.6. The fourth-order valence-electron chi connectivity index (χ4n) is 2.27. The van der Waals surface area contributed by atoms with Crippen LogP contribution in [0.4, 0.5) is 13.2 Å². The molecule has 0 N–H and O–H groups in total. The zero-order valence-corrected chi connectivity index (χ0v) is 11.5. The summed E-state index contributed by atoms with van der Waals surface area (Å²) >= 11 is 0. The van der Waals surface area contributed by atoms with Crippen LogP contribution in [0.1, 0.15) is 41.3 Å². The molecule has 0 radical (unpaired) electrons. The Morgan fingerprint density at radius 1 is 1.40 bits per heavy atom. The van der Waals surface area contributed by atoms with Gasteiger partial charge in [-0.3, -0.25) is 4.79 Å². The van der Waals surface area contributed by atoms with Crippen LogP contribution in [-0.2, 0) is 10.9 Å². The number of Topliss-reactive ketones (excluding diaryl/α,β-unsaturated/α-hetero) is 1. The number of rotatable bonds is 5. The monoisotopic (exact) mass is 286 g/mol. The van der Waals surface area contributed by atoms with Crippen molar-refractivity contribution in [3.05, 3.63) is 34.9 Å². The van der Waals surface area contributed by atoms with Crippen molar-refractivity contribution < 1.29 is 22.7 Å². The molecule has 1 atom stereocenters. The molecule has 5 heteroatoms. The first-order chi connectivity index (χ1) is 9.34. The Labute approximate surface area is 115 Å². The number of halogens is 3. The fourth-order valence-corrected chi connectivity index (χ4v) is 2.27. The van der Waals surface area contributed by atoms with Gasteiger partial charge >= 0.3 is 6.18 Å². The molecule has 1 aliphatic carbocycles. The largest absolute Gasteiger partial charge is 0.416 e. The molecule has 0 spiro atoms. The molecule has 0 amide bonds. The van der Waals surface area contributed by atoms with E-state index in [-0.39, 0.29) is 11.7 Å². The van der Waals surface area contributed by atoms with Crippen molar-refractivity contribution in [2.24, 2.45) is 5.92 Å². The van der Waals surface area contributed by atoms with Gasteiger partial charge in [-0.1, -0.05) is 6.07 Å². The third kappa shape index (κ3) is 3.20. The Kier molecular flexibility index (Phi) is 4.18. The van der Waals surface area contributed by atoms with Crippen molar-refractivity contribution in [2.45, 2.75) is 39.0 Å². The molecule has 1 fully saturated rings. The molecule has 2 nitrogen and oxygen atoms in total. The highest BCUT2D eigenvalue weighted by atomic mass is 19.4. The maximum Gasteiger partial charge on any atom is 0.416 e. The van der Waals surface area contributed by atoms with E-state index in [1.54, 1.807) is 0 Å². The lowest BCUT2D eigenvalue weighted by Gasteiger charge is -2.17. The zero-order chi connectivity index (χ0) is 14.9. The van der Waals surface area contributed by atoms with Crippen LogP contribution in [0.15, 0.2) is 18.2 Å². The van der Waals surface area contributed by atoms with E-state index < -0.39 is 17.8 Å². The zero-order valence-electron chi connectivity index (χ0n) is 11.5. The molecular weight excluding hydrogens is 269 g/mol. The van der Waals surface area contributed by atoms with Gasteiger partial charge in [-0.25, -0.2) is 0 Å². The summed E-state index contributed by atoms with van der Waals surface area (Å²) in [7, 11) is 0. The second-order valence-corrected chi connectivity index (χ2v) is 5.11. The lowest BCUT2D eigenvalue weighted by atomic mass is 9.96. The van der Waals surface area contributed by atoms with Gasteiger partial charge in [-0.2, -0.15) is 13.2 Å².